The number of hydrogen-bond donors (Lipinski definition) is 0. The smallest absolute Gasteiger partial charge is 0.160 e. The molecule has 9 nitrogen and oxygen atoms in total. The van der Waals surface area contributed by atoms with E-state index in [2.05, 4.69) is 379 Å². The highest BCUT2D eigenvalue weighted by atomic mass is 14.9. The van der Waals surface area contributed by atoms with Crippen molar-refractivity contribution in [3.05, 3.63) is 516 Å². The fourth-order valence-corrected chi connectivity index (χ4v) is 19.2. The first-order valence-electron chi connectivity index (χ1n) is 49.2. The normalized spacial score (nSPS) is 11.8. The van der Waals surface area contributed by atoms with Gasteiger partial charge in [0.15, 0.2) is 17.5 Å². The van der Waals surface area contributed by atoms with E-state index in [-0.39, 0.29) is 23.5 Å². The van der Waals surface area contributed by atoms with E-state index in [0.29, 0.717) is 23.0 Å². The van der Waals surface area contributed by atoms with E-state index in [0.717, 1.165) is 128 Å². The highest BCUT2D eigenvalue weighted by Gasteiger charge is 2.21. The summed E-state index contributed by atoms with van der Waals surface area (Å²) < 4.78 is 42.0. The minimum Gasteiger partial charge on any atom is -0.264 e. The predicted octanol–water partition coefficient (Wildman–Crippen LogP) is 33.8. The summed E-state index contributed by atoms with van der Waals surface area (Å²) in [5.41, 5.74) is 25.4. The number of nitrogens with zero attached hydrogens (tertiary/aromatic N) is 9. The molecule has 0 aliphatic rings. The zero-order valence-corrected chi connectivity index (χ0v) is 75.7. The van der Waals surface area contributed by atoms with E-state index in [9.17, 15) is 0 Å². The molecule has 0 radical (unpaired) electrons. The molecule has 6 aromatic heterocycles. The monoisotopic (exact) mass is 1790 g/mol. The summed E-state index contributed by atoms with van der Waals surface area (Å²) in [6.07, 6.45) is 10.9. The molecule has 140 heavy (non-hydrogen) atoms. The summed E-state index contributed by atoms with van der Waals surface area (Å²) in [6, 6.07) is 154. The van der Waals surface area contributed by atoms with Crippen molar-refractivity contribution in [2.75, 3.05) is 0 Å². The van der Waals surface area contributed by atoms with E-state index in [1.807, 2.05) is 97.3 Å². The van der Waals surface area contributed by atoms with Gasteiger partial charge in [-0.2, -0.15) is 0 Å². The Hall–Kier alpha value is -18.8. The second kappa shape index (κ2) is 37.6. The van der Waals surface area contributed by atoms with E-state index in [1.165, 1.54) is 92.1 Å². The third kappa shape index (κ3) is 17.1. The van der Waals surface area contributed by atoms with Crippen molar-refractivity contribution in [2.24, 2.45) is 0 Å². The molecular formula is C131H85N9. The molecule has 0 amide bonds. The first-order valence-corrected chi connectivity index (χ1v) is 46.7. The van der Waals surface area contributed by atoms with Gasteiger partial charge in [0, 0.05) is 104 Å². The first kappa shape index (κ1) is 78.6. The lowest BCUT2D eigenvalue weighted by atomic mass is 9.92. The van der Waals surface area contributed by atoms with Gasteiger partial charge >= 0.3 is 0 Å². The van der Waals surface area contributed by atoms with Crippen LogP contribution in [-0.2, 0) is 0 Å². The van der Waals surface area contributed by atoms with Gasteiger partial charge in [0.1, 0.15) is 0 Å². The van der Waals surface area contributed by atoms with Gasteiger partial charge < -0.3 is 0 Å². The van der Waals surface area contributed by atoms with Crippen molar-refractivity contribution in [3.8, 4) is 168 Å². The zero-order chi connectivity index (χ0) is 97.4. The summed E-state index contributed by atoms with van der Waals surface area (Å²) in [5.74, 6) is 1.45. The average Bonchev–Trinajstić information content (AvgIpc) is 0.747. The largest absolute Gasteiger partial charge is 0.264 e. The molecule has 0 aliphatic heterocycles. The van der Waals surface area contributed by atoms with E-state index >= 15 is 0 Å². The molecule has 0 unspecified atom stereocenters. The molecule has 0 saturated carbocycles. The molecule has 20 aromatic carbocycles. The molecule has 0 bridgehead atoms. The van der Waals surface area contributed by atoms with E-state index in [1.54, 1.807) is 24.8 Å². The van der Waals surface area contributed by atoms with Gasteiger partial charge in [-0.15, -0.1) is 0 Å². The summed E-state index contributed by atoms with van der Waals surface area (Å²) in [5, 5.41) is 19.6. The van der Waals surface area contributed by atoms with E-state index in [4.69, 9.17) is 36.8 Å². The van der Waals surface area contributed by atoms with Gasteiger partial charge in [0.25, 0.3) is 0 Å². The predicted molar refractivity (Wildman–Crippen MR) is 581 cm³/mol. The van der Waals surface area contributed by atoms with Crippen LogP contribution in [0.2, 0.25) is 0 Å². The maximum absolute atomic E-state index is 8.66. The van der Waals surface area contributed by atoms with Crippen LogP contribution in [-0.4, -0.2) is 44.9 Å². The van der Waals surface area contributed by atoms with Crippen LogP contribution in [0, 0.1) is 0 Å². The van der Waals surface area contributed by atoms with Crippen LogP contribution in [0.25, 0.3) is 255 Å². The van der Waals surface area contributed by atoms with Crippen LogP contribution in [0.5, 0.6) is 0 Å². The molecule has 0 atom stereocenters. The molecule has 26 rings (SSSR count). The second-order valence-electron chi connectivity index (χ2n) is 34.8. The lowest BCUT2D eigenvalue weighted by Crippen LogP contribution is -1.97. The SMILES string of the molecule is [2H]c1c([2H])c([2H])c(-c2nc(-c3ccc(-c4cc5ccccc5c5ccccc45)cc3)cc(-c3cccc(-c4cccnc4)c3)n2)c([2H])c1[2H].c1ccc(-c2nc(-c3ccc(-c4cc5ccccc5c5ccccc45)cc3)cc(-c3cccc(-c4cccnc4)c3)n2)cc1.c1cncc(-c2cccc(-c3cc(-c4cccc(-c5ccc6ccccc6c5)c4)nc(-c4ccc5c6ccccc6c6ccccc6c5c4)n3)c2)c1. The van der Waals surface area contributed by atoms with Gasteiger partial charge in [-0.3, -0.25) is 15.0 Å². The van der Waals surface area contributed by atoms with Crippen LogP contribution in [0.3, 0.4) is 0 Å². The zero-order valence-electron chi connectivity index (χ0n) is 80.7. The maximum atomic E-state index is 8.66. The van der Waals surface area contributed by atoms with Crippen LogP contribution < -0.4 is 0 Å². The lowest BCUT2D eigenvalue weighted by Gasteiger charge is -2.14. The van der Waals surface area contributed by atoms with Crippen LogP contribution in [0.4, 0.5) is 0 Å². The Morgan fingerprint density at radius 2 is 0.429 bits per heavy atom. The topological polar surface area (TPSA) is 116 Å². The van der Waals surface area contributed by atoms with Crippen molar-refractivity contribution < 1.29 is 6.85 Å². The van der Waals surface area contributed by atoms with Gasteiger partial charge in [0.05, 0.1) is 41.0 Å². The molecule has 654 valence electrons. The molecule has 0 N–H and O–H groups in total. The molecule has 0 aliphatic carbocycles. The summed E-state index contributed by atoms with van der Waals surface area (Å²) in [7, 11) is 0. The fourth-order valence-electron chi connectivity index (χ4n) is 19.2. The number of pyridine rings is 3. The van der Waals surface area contributed by atoms with Crippen molar-refractivity contribution in [2.45, 2.75) is 0 Å². The van der Waals surface area contributed by atoms with Gasteiger partial charge in [-0.05, 0) is 221 Å². The van der Waals surface area contributed by atoms with Crippen molar-refractivity contribution in [1.82, 2.24) is 44.9 Å². The molecule has 0 spiro atoms. The Kier molecular flexibility index (Phi) is 21.1. The second-order valence-corrected chi connectivity index (χ2v) is 34.8. The molecular weight excluding hydrogens is 1700 g/mol. The minimum absolute atomic E-state index is 0.0447. The number of benzene rings is 20. The standard InChI is InChI=1S/C49H31N3.2C41H27N3/c1-2-11-33-26-36(22-21-32(33)10-1)34-12-7-14-37(27-34)47-30-48(38-15-8-13-35(28-38)40-16-9-25-50-31-40)52-49(51-47)39-23-24-45-43-19-4-3-17-41(43)42-18-5-6-20-44(42)46(45)29-39;2*1-2-10-30(11-3-1)41-43-39(26-40(44-41)33-14-8-13-31(24-33)34-15-9-23-42-27-34)29-21-19-28(20-22-29)38-25-32-12-4-5-16-35(32)36-17-6-7-18-37(36)38/h1-31H;2*1-27H/i;1D,2D,3D,10D,11D;. The lowest BCUT2D eigenvalue weighted by molar-refractivity contribution is 1.18. The summed E-state index contributed by atoms with van der Waals surface area (Å²) >= 11 is 0. The Morgan fingerprint density at radius 1 is 0.143 bits per heavy atom. The molecule has 9 heteroatoms. The molecule has 26 aromatic rings. The minimum atomic E-state index is -0.462. The third-order valence-electron chi connectivity index (χ3n) is 26.2. The number of fused-ring (bicyclic) bond motifs is 13. The maximum Gasteiger partial charge on any atom is 0.160 e. The molecule has 0 saturated heterocycles. The number of hydrogen-bond acceptors (Lipinski definition) is 9. The third-order valence-corrected chi connectivity index (χ3v) is 26.2. The van der Waals surface area contributed by atoms with Gasteiger partial charge in [0.2, 0.25) is 0 Å². The van der Waals surface area contributed by atoms with Crippen LogP contribution in [0.15, 0.2) is 516 Å². The molecule has 6 heterocycles. The van der Waals surface area contributed by atoms with Crippen LogP contribution >= 0.6 is 0 Å². The van der Waals surface area contributed by atoms with Crippen molar-refractivity contribution in [1.29, 1.82) is 0 Å². The highest BCUT2D eigenvalue weighted by molar-refractivity contribution is 6.26. The van der Waals surface area contributed by atoms with Crippen LogP contribution in [0.1, 0.15) is 6.85 Å². The fraction of sp³-hybridized carbons (Fsp3) is 0. The van der Waals surface area contributed by atoms with E-state index < -0.39 is 18.1 Å². The van der Waals surface area contributed by atoms with Crippen molar-refractivity contribution >= 4 is 86.2 Å². The Balaban J connectivity index is 0.000000117. The van der Waals surface area contributed by atoms with Gasteiger partial charge in [-0.25, -0.2) is 29.9 Å². The Bertz CT molecular complexity index is 9450. The number of rotatable bonds is 15. The molecule has 0 fully saturated rings. The summed E-state index contributed by atoms with van der Waals surface area (Å²) in [4.78, 5) is 43.2. The Morgan fingerprint density at radius 3 is 0.843 bits per heavy atom. The Labute approximate surface area is 817 Å². The number of aromatic nitrogens is 9. The van der Waals surface area contributed by atoms with Crippen molar-refractivity contribution in [3.63, 3.8) is 0 Å². The summed E-state index contributed by atoms with van der Waals surface area (Å²) in [6.45, 7) is 0. The average molecular weight is 1790 g/mol. The quantitative estimate of drug-likeness (QED) is 0.0925. The first-order chi connectivity index (χ1) is 71.4. The van der Waals surface area contributed by atoms with Gasteiger partial charge in [-0.1, -0.05) is 394 Å². The highest BCUT2D eigenvalue weighted by Crippen LogP contribution is 2.44.